The van der Waals surface area contributed by atoms with Crippen LogP contribution in [0.5, 0.6) is 0 Å². The molecular formula is C17H20ClN5O2. The van der Waals surface area contributed by atoms with Crippen LogP contribution in [0.15, 0.2) is 30.7 Å². The summed E-state index contributed by atoms with van der Waals surface area (Å²) in [5, 5.41) is 8.91. The molecule has 25 heavy (non-hydrogen) atoms. The lowest BCUT2D eigenvalue weighted by Crippen LogP contribution is -2.06. The van der Waals surface area contributed by atoms with Gasteiger partial charge in [0.1, 0.15) is 0 Å². The molecule has 3 aromatic heterocycles. The van der Waals surface area contributed by atoms with Gasteiger partial charge in [0.15, 0.2) is 0 Å². The smallest absolute Gasteiger partial charge is 0.305 e. The molecule has 0 saturated heterocycles. The van der Waals surface area contributed by atoms with E-state index in [4.69, 9.17) is 11.6 Å². The Morgan fingerprint density at radius 2 is 2.16 bits per heavy atom. The summed E-state index contributed by atoms with van der Waals surface area (Å²) in [6.45, 7) is 2.12. The number of rotatable bonds is 7. The number of carbonyl (C=O) groups excluding carboxylic acids is 1. The van der Waals surface area contributed by atoms with Crippen molar-refractivity contribution in [3.63, 3.8) is 0 Å². The molecule has 1 atom stereocenters. The van der Waals surface area contributed by atoms with Crippen molar-refractivity contribution >= 4 is 23.1 Å². The van der Waals surface area contributed by atoms with Gasteiger partial charge in [-0.2, -0.15) is 5.10 Å². The van der Waals surface area contributed by atoms with E-state index in [2.05, 4.69) is 26.8 Å². The minimum absolute atomic E-state index is 0.158. The molecule has 0 saturated carbocycles. The van der Waals surface area contributed by atoms with Crippen LogP contribution in [-0.4, -0.2) is 37.5 Å². The first-order valence-electron chi connectivity index (χ1n) is 8.20. The van der Waals surface area contributed by atoms with Gasteiger partial charge in [0, 0.05) is 24.2 Å². The van der Waals surface area contributed by atoms with Crippen LogP contribution in [0.3, 0.4) is 0 Å². The Bertz CT molecular complexity index is 873. The van der Waals surface area contributed by atoms with Crippen LogP contribution in [0, 0.1) is 0 Å². The van der Waals surface area contributed by atoms with E-state index >= 15 is 0 Å². The van der Waals surface area contributed by atoms with Crippen molar-refractivity contribution in [2.75, 3.05) is 7.11 Å². The van der Waals surface area contributed by atoms with Gasteiger partial charge in [-0.3, -0.25) is 9.48 Å². The van der Waals surface area contributed by atoms with E-state index in [1.54, 1.807) is 10.7 Å². The summed E-state index contributed by atoms with van der Waals surface area (Å²) in [6.07, 6.45) is 8.69. The second kappa shape index (κ2) is 7.65. The number of carbonyl (C=O) groups is 1. The van der Waals surface area contributed by atoms with Gasteiger partial charge in [0.05, 0.1) is 30.7 Å². The number of hydrogen-bond acceptors (Lipinski definition) is 5. The van der Waals surface area contributed by atoms with E-state index in [9.17, 15) is 4.79 Å². The van der Waals surface area contributed by atoms with Crippen LogP contribution >= 0.6 is 11.6 Å². The van der Waals surface area contributed by atoms with Gasteiger partial charge < -0.3 is 4.74 Å². The molecule has 1 unspecified atom stereocenters. The number of aromatic nitrogens is 5. The second-order valence-corrected chi connectivity index (χ2v) is 6.30. The predicted octanol–water partition coefficient (Wildman–Crippen LogP) is 3.54. The standard InChI is InChI=1S/C17H20ClN5O2/c1-12(5-3-4-6-16(24)25-2)22-11-13(9-20-22)15-8-7-14-10-19-17(18)21-23(14)15/h7-12H,3-6H2,1-2H3. The number of fused-ring (bicyclic) bond motifs is 1. The molecule has 3 rings (SSSR count). The number of halogens is 1. The highest BCUT2D eigenvalue weighted by Gasteiger charge is 2.12. The number of nitrogens with zero attached hydrogens (tertiary/aromatic N) is 5. The fourth-order valence-corrected chi connectivity index (χ4v) is 2.88. The molecule has 0 aliphatic rings. The normalized spacial score (nSPS) is 12.4. The molecule has 132 valence electrons. The Hall–Kier alpha value is -2.41. The molecular weight excluding hydrogens is 342 g/mol. The first-order valence-corrected chi connectivity index (χ1v) is 8.58. The van der Waals surface area contributed by atoms with Gasteiger partial charge in [0.2, 0.25) is 5.28 Å². The maximum atomic E-state index is 11.1. The zero-order valence-corrected chi connectivity index (χ0v) is 15.0. The maximum absolute atomic E-state index is 11.1. The third-order valence-corrected chi connectivity index (χ3v) is 4.37. The van der Waals surface area contributed by atoms with Crippen molar-refractivity contribution < 1.29 is 9.53 Å². The summed E-state index contributed by atoms with van der Waals surface area (Å²) >= 11 is 5.90. The SMILES string of the molecule is COC(=O)CCCCC(C)n1cc(-c2ccc3cnc(Cl)nn23)cn1. The number of ether oxygens (including phenoxy) is 1. The first kappa shape index (κ1) is 17.4. The highest BCUT2D eigenvalue weighted by Crippen LogP contribution is 2.24. The van der Waals surface area contributed by atoms with Gasteiger partial charge in [-0.25, -0.2) is 9.50 Å². The lowest BCUT2D eigenvalue weighted by atomic mass is 10.1. The zero-order valence-electron chi connectivity index (χ0n) is 14.2. The third kappa shape index (κ3) is 3.99. The van der Waals surface area contributed by atoms with Crippen molar-refractivity contribution in [3.8, 4) is 11.3 Å². The van der Waals surface area contributed by atoms with Gasteiger partial charge in [-0.15, -0.1) is 5.10 Å². The van der Waals surface area contributed by atoms with E-state index in [0.29, 0.717) is 6.42 Å². The fraction of sp³-hybridized carbons (Fsp3) is 0.412. The monoisotopic (exact) mass is 361 g/mol. The molecule has 0 aromatic carbocycles. The van der Waals surface area contributed by atoms with Crippen molar-refractivity contribution in [1.29, 1.82) is 0 Å². The number of esters is 1. The lowest BCUT2D eigenvalue weighted by Gasteiger charge is -2.11. The molecule has 0 spiro atoms. The van der Waals surface area contributed by atoms with E-state index < -0.39 is 0 Å². The van der Waals surface area contributed by atoms with E-state index in [-0.39, 0.29) is 17.3 Å². The average molecular weight is 362 g/mol. The maximum Gasteiger partial charge on any atom is 0.305 e. The minimum atomic E-state index is -0.158. The minimum Gasteiger partial charge on any atom is -0.469 e. The van der Waals surface area contributed by atoms with E-state index in [1.165, 1.54) is 7.11 Å². The van der Waals surface area contributed by atoms with Crippen LogP contribution < -0.4 is 0 Å². The molecule has 0 aliphatic carbocycles. The summed E-state index contributed by atoms with van der Waals surface area (Å²) < 4.78 is 8.35. The van der Waals surface area contributed by atoms with E-state index in [1.807, 2.05) is 29.2 Å². The van der Waals surface area contributed by atoms with Crippen molar-refractivity contribution in [3.05, 3.63) is 36.0 Å². The molecule has 8 heteroatoms. The Balaban J connectivity index is 1.67. The molecule has 7 nitrogen and oxygen atoms in total. The predicted molar refractivity (Wildman–Crippen MR) is 94.4 cm³/mol. The van der Waals surface area contributed by atoms with E-state index in [0.717, 1.165) is 36.0 Å². The fourth-order valence-electron chi connectivity index (χ4n) is 2.75. The molecule has 0 amide bonds. The van der Waals surface area contributed by atoms with Crippen LogP contribution in [-0.2, 0) is 9.53 Å². The van der Waals surface area contributed by atoms with Crippen molar-refractivity contribution in [2.45, 2.75) is 38.6 Å². The van der Waals surface area contributed by atoms with Gasteiger partial charge in [-0.1, -0.05) is 6.42 Å². The van der Waals surface area contributed by atoms with Crippen LogP contribution in [0.1, 0.15) is 38.6 Å². The summed E-state index contributed by atoms with van der Waals surface area (Å²) in [5.74, 6) is -0.158. The lowest BCUT2D eigenvalue weighted by molar-refractivity contribution is -0.140. The Morgan fingerprint density at radius 1 is 1.32 bits per heavy atom. The second-order valence-electron chi connectivity index (χ2n) is 5.96. The summed E-state index contributed by atoms with van der Waals surface area (Å²) in [6, 6.07) is 4.16. The molecule has 0 fully saturated rings. The summed E-state index contributed by atoms with van der Waals surface area (Å²) in [7, 11) is 1.42. The van der Waals surface area contributed by atoms with Crippen LogP contribution in [0.2, 0.25) is 5.28 Å². The third-order valence-electron chi connectivity index (χ3n) is 4.20. The highest BCUT2D eigenvalue weighted by atomic mass is 35.5. The molecule has 3 heterocycles. The largest absolute Gasteiger partial charge is 0.469 e. The molecule has 3 aromatic rings. The molecule has 0 aliphatic heterocycles. The Morgan fingerprint density at radius 3 is 2.96 bits per heavy atom. The number of unbranched alkanes of at least 4 members (excludes halogenated alkanes) is 1. The Kier molecular flexibility index (Phi) is 5.33. The first-order chi connectivity index (χ1) is 12.1. The topological polar surface area (TPSA) is 74.3 Å². The van der Waals surface area contributed by atoms with Crippen molar-refractivity contribution in [2.24, 2.45) is 0 Å². The molecule has 0 radical (unpaired) electrons. The van der Waals surface area contributed by atoms with Gasteiger partial charge in [-0.05, 0) is 43.5 Å². The van der Waals surface area contributed by atoms with Gasteiger partial charge >= 0.3 is 5.97 Å². The van der Waals surface area contributed by atoms with Crippen LogP contribution in [0.25, 0.3) is 16.8 Å². The highest BCUT2D eigenvalue weighted by molar-refractivity contribution is 6.28. The van der Waals surface area contributed by atoms with Gasteiger partial charge in [0.25, 0.3) is 0 Å². The molecule has 0 bridgehead atoms. The number of hydrogen-bond donors (Lipinski definition) is 0. The van der Waals surface area contributed by atoms with Crippen molar-refractivity contribution in [1.82, 2.24) is 24.4 Å². The summed E-state index contributed by atoms with van der Waals surface area (Å²) in [4.78, 5) is 15.1. The zero-order chi connectivity index (χ0) is 17.8. The molecule has 0 N–H and O–H groups in total. The quantitative estimate of drug-likeness (QED) is 0.475. The Labute approximate surface area is 150 Å². The average Bonchev–Trinajstić information content (AvgIpc) is 3.24. The number of methoxy groups -OCH3 is 1. The van der Waals surface area contributed by atoms with Crippen LogP contribution in [0.4, 0.5) is 0 Å². The summed E-state index contributed by atoms with van der Waals surface area (Å²) in [5.41, 5.74) is 2.77.